The molecule has 0 aliphatic heterocycles. The molecule has 0 radical (unpaired) electrons. The van der Waals surface area contributed by atoms with Crippen molar-refractivity contribution in [1.29, 1.82) is 0 Å². The standard InChI is InChI=1S/C11H14N4O2S2/c1-7-8(2)18-11(14-7)15-19(16,17)10-9(12-3)5-4-6-13-10/h4-6,12H,1-3H3,(H,14,15). The number of aryl methyl sites for hydroxylation is 2. The van der Waals surface area contributed by atoms with Crippen molar-refractivity contribution in [2.24, 2.45) is 0 Å². The summed E-state index contributed by atoms with van der Waals surface area (Å²) >= 11 is 1.30. The zero-order chi connectivity index (χ0) is 14.0. The molecule has 2 rings (SSSR count). The summed E-state index contributed by atoms with van der Waals surface area (Å²) in [6.07, 6.45) is 1.44. The van der Waals surface area contributed by atoms with Crippen LogP contribution in [0.25, 0.3) is 0 Å². The highest BCUT2D eigenvalue weighted by molar-refractivity contribution is 7.93. The monoisotopic (exact) mass is 298 g/mol. The number of rotatable bonds is 4. The van der Waals surface area contributed by atoms with E-state index >= 15 is 0 Å². The summed E-state index contributed by atoms with van der Waals surface area (Å²) in [6, 6.07) is 3.32. The third kappa shape index (κ3) is 2.85. The Hall–Kier alpha value is -1.67. The molecule has 2 aromatic rings. The molecule has 0 atom stereocenters. The molecule has 0 spiro atoms. The minimum Gasteiger partial charge on any atom is -0.386 e. The second-order valence-electron chi connectivity index (χ2n) is 3.87. The van der Waals surface area contributed by atoms with Crippen LogP contribution >= 0.6 is 11.3 Å². The number of anilines is 2. The van der Waals surface area contributed by atoms with E-state index in [1.807, 2.05) is 13.8 Å². The van der Waals surface area contributed by atoms with Gasteiger partial charge in [0.15, 0.2) is 10.2 Å². The van der Waals surface area contributed by atoms with E-state index in [2.05, 4.69) is 20.0 Å². The third-order valence-electron chi connectivity index (χ3n) is 2.55. The number of pyridine rings is 1. The van der Waals surface area contributed by atoms with E-state index in [4.69, 9.17) is 0 Å². The maximum atomic E-state index is 12.3. The van der Waals surface area contributed by atoms with Gasteiger partial charge in [-0.1, -0.05) is 0 Å². The van der Waals surface area contributed by atoms with Gasteiger partial charge in [-0.2, -0.15) is 8.42 Å². The largest absolute Gasteiger partial charge is 0.386 e. The van der Waals surface area contributed by atoms with Crippen LogP contribution in [0.1, 0.15) is 10.6 Å². The van der Waals surface area contributed by atoms with Gasteiger partial charge in [-0.3, -0.25) is 4.72 Å². The predicted octanol–water partition coefficient (Wildman–Crippen LogP) is 2.00. The molecule has 0 saturated heterocycles. The molecule has 2 N–H and O–H groups in total. The summed E-state index contributed by atoms with van der Waals surface area (Å²) in [6.45, 7) is 3.73. The molecule has 19 heavy (non-hydrogen) atoms. The van der Waals surface area contributed by atoms with Crippen LogP contribution in [-0.2, 0) is 10.0 Å². The van der Waals surface area contributed by atoms with Gasteiger partial charge in [0.05, 0.1) is 11.4 Å². The van der Waals surface area contributed by atoms with Crippen LogP contribution < -0.4 is 10.0 Å². The van der Waals surface area contributed by atoms with Gasteiger partial charge >= 0.3 is 0 Å². The summed E-state index contributed by atoms with van der Waals surface area (Å²) in [5.41, 5.74) is 1.26. The van der Waals surface area contributed by atoms with Crippen LogP contribution in [0.3, 0.4) is 0 Å². The van der Waals surface area contributed by atoms with Crippen molar-refractivity contribution in [1.82, 2.24) is 9.97 Å². The number of aromatic nitrogens is 2. The second-order valence-corrected chi connectivity index (χ2v) is 6.67. The number of hydrogen-bond acceptors (Lipinski definition) is 6. The number of nitrogens with one attached hydrogen (secondary N) is 2. The molecule has 6 nitrogen and oxygen atoms in total. The molecule has 102 valence electrons. The molecular formula is C11H14N4O2S2. The van der Waals surface area contributed by atoms with Crippen molar-refractivity contribution >= 4 is 32.2 Å². The lowest BCUT2D eigenvalue weighted by atomic mass is 10.4. The lowest BCUT2D eigenvalue weighted by molar-refractivity contribution is 0.598. The fourth-order valence-electron chi connectivity index (χ4n) is 1.47. The third-order valence-corrected chi connectivity index (χ3v) is 4.96. The van der Waals surface area contributed by atoms with Crippen LogP contribution in [0.5, 0.6) is 0 Å². The molecule has 0 aromatic carbocycles. The van der Waals surface area contributed by atoms with Gasteiger partial charge in [0.1, 0.15) is 0 Å². The van der Waals surface area contributed by atoms with Crippen molar-refractivity contribution in [3.05, 3.63) is 28.9 Å². The first-order chi connectivity index (χ1) is 8.94. The Morgan fingerprint density at radius 3 is 2.63 bits per heavy atom. The fraction of sp³-hybridized carbons (Fsp3) is 0.273. The summed E-state index contributed by atoms with van der Waals surface area (Å²) < 4.78 is 27.0. The van der Waals surface area contributed by atoms with Gasteiger partial charge in [-0.05, 0) is 26.0 Å². The first-order valence-electron chi connectivity index (χ1n) is 5.53. The van der Waals surface area contributed by atoms with Gasteiger partial charge in [0, 0.05) is 18.1 Å². The summed E-state index contributed by atoms with van der Waals surface area (Å²) in [7, 11) is -2.09. The Bertz CT molecular complexity index is 675. The average molecular weight is 298 g/mol. The Balaban J connectivity index is 2.37. The van der Waals surface area contributed by atoms with Gasteiger partial charge < -0.3 is 5.32 Å². The van der Waals surface area contributed by atoms with Gasteiger partial charge in [-0.25, -0.2) is 9.97 Å². The quantitative estimate of drug-likeness (QED) is 0.902. The molecule has 0 unspecified atom stereocenters. The Labute approximate surface area is 116 Å². The fourth-order valence-corrected chi connectivity index (χ4v) is 3.67. The molecular weight excluding hydrogens is 284 g/mol. The van der Waals surface area contributed by atoms with Crippen molar-refractivity contribution in [3.63, 3.8) is 0 Å². The van der Waals surface area contributed by atoms with E-state index in [0.29, 0.717) is 10.8 Å². The maximum absolute atomic E-state index is 12.3. The van der Waals surface area contributed by atoms with E-state index in [1.54, 1.807) is 19.2 Å². The number of nitrogens with zero attached hydrogens (tertiary/aromatic N) is 2. The van der Waals surface area contributed by atoms with Crippen molar-refractivity contribution in [3.8, 4) is 0 Å². The molecule has 0 bridgehead atoms. The highest BCUT2D eigenvalue weighted by Gasteiger charge is 2.21. The number of hydrogen-bond donors (Lipinski definition) is 2. The smallest absolute Gasteiger partial charge is 0.283 e. The molecule has 0 amide bonds. The van der Waals surface area contributed by atoms with Crippen LogP contribution in [-0.4, -0.2) is 25.4 Å². The highest BCUT2D eigenvalue weighted by Crippen LogP contribution is 2.25. The lowest BCUT2D eigenvalue weighted by Gasteiger charge is -2.08. The minimum atomic E-state index is -3.74. The molecule has 0 saturated carbocycles. The van der Waals surface area contributed by atoms with E-state index in [0.717, 1.165) is 10.6 Å². The Morgan fingerprint density at radius 2 is 2.05 bits per heavy atom. The van der Waals surface area contributed by atoms with Crippen LogP contribution in [0, 0.1) is 13.8 Å². The highest BCUT2D eigenvalue weighted by atomic mass is 32.2. The second kappa shape index (κ2) is 5.14. The lowest BCUT2D eigenvalue weighted by Crippen LogP contribution is -2.16. The number of sulfonamides is 1. The molecule has 2 aromatic heterocycles. The van der Waals surface area contributed by atoms with E-state index in [1.165, 1.54) is 17.5 Å². The summed E-state index contributed by atoms with van der Waals surface area (Å²) in [5.74, 6) is 0. The minimum absolute atomic E-state index is 0.0389. The van der Waals surface area contributed by atoms with Gasteiger partial charge in [0.25, 0.3) is 10.0 Å². The van der Waals surface area contributed by atoms with Gasteiger partial charge in [0.2, 0.25) is 0 Å². The Morgan fingerprint density at radius 1 is 1.32 bits per heavy atom. The molecule has 0 fully saturated rings. The van der Waals surface area contributed by atoms with Crippen LogP contribution in [0.2, 0.25) is 0 Å². The van der Waals surface area contributed by atoms with Gasteiger partial charge in [-0.15, -0.1) is 11.3 Å². The van der Waals surface area contributed by atoms with Crippen molar-refractivity contribution in [2.75, 3.05) is 17.1 Å². The zero-order valence-electron chi connectivity index (χ0n) is 10.8. The molecule has 0 aliphatic carbocycles. The van der Waals surface area contributed by atoms with Crippen LogP contribution in [0.15, 0.2) is 23.4 Å². The topological polar surface area (TPSA) is 84.0 Å². The first kappa shape index (κ1) is 13.8. The van der Waals surface area contributed by atoms with Crippen molar-refractivity contribution < 1.29 is 8.42 Å². The average Bonchev–Trinajstić information content (AvgIpc) is 2.67. The normalized spacial score (nSPS) is 11.3. The van der Waals surface area contributed by atoms with E-state index < -0.39 is 10.0 Å². The molecule has 0 aliphatic rings. The van der Waals surface area contributed by atoms with E-state index in [9.17, 15) is 8.42 Å². The van der Waals surface area contributed by atoms with Crippen molar-refractivity contribution in [2.45, 2.75) is 18.9 Å². The Kier molecular flexibility index (Phi) is 3.72. The summed E-state index contributed by atoms with van der Waals surface area (Å²) in [4.78, 5) is 9.05. The first-order valence-corrected chi connectivity index (χ1v) is 7.83. The van der Waals surface area contributed by atoms with E-state index in [-0.39, 0.29) is 5.03 Å². The molecule has 8 heteroatoms. The zero-order valence-corrected chi connectivity index (χ0v) is 12.4. The molecule has 2 heterocycles. The number of thiazole rings is 1. The summed E-state index contributed by atoms with van der Waals surface area (Å²) in [5, 5.41) is 3.12. The SMILES string of the molecule is CNc1cccnc1S(=O)(=O)Nc1nc(C)c(C)s1. The maximum Gasteiger partial charge on any atom is 0.283 e. The predicted molar refractivity (Wildman–Crippen MR) is 76.2 cm³/mol. The van der Waals surface area contributed by atoms with Crippen LogP contribution in [0.4, 0.5) is 10.8 Å².